The highest BCUT2D eigenvalue weighted by Gasteiger charge is 2.14. The number of hydrogen-bond acceptors (Lipinski definition) is 3. The molecule has 0 saturated heterocycles. The fourth-order valence-corrected chi connectivity index (χ4v) is 1.59. The zero-order chi connectivity index (χ0) is 12.3. The Morgan fingerprint density at radius 2 is 2.00 bits per heavy atom. The number of aromatic nitrogens is 1. The van der Waals surface area contributed by atoms with Gasteiger partial charge in [-0.15, -0.1) is 0 Å². The van der Waals surface area contributed by atoms with Gasteiger partial charge in [-0.25, -0.2) is 0 Å². The number of carboxylic acids is 1. The summed E-state index contributed by atoms with van der Waals surface area (Å²) in [6, 6.07) is 9.92. The highest BCUT2D eigenvalue weighted by molar-refractivity contribution is 5.76. The van der Waals surface area contributed by atoms with E-state index in [0.29, 0.717) is 5.56 Å². The summed E-state index contributed by atoms with van der Waals surface area (Å²) in [4.78, 5) is 14.8. The first-order valence-electron chi connectivity index (χ1n) is 5.17. The van der Waals surface area contributed by atoms with E-state index in [-0.39, 0.29) is 0 Å². The third kappa shape index (κ3) is 2.49. The van der Waals surface area contributed by atoms with E-state index in [1.807, 2.05) is 18.2 Å². The molecule has 0 bridgehead atoms. The molecule has 0 radical (unpaired) electrons. The predicted molar refractivity (Wildman–Crippen MR) is 64.2 cm³/mol. The van der Waals surface area contributed by atoms with Crippen molar-refractivity contribution in [1.29, 1.82) is 0 Å². The number of carbonyl (C=O) groups is 1. The van der Waals surface area contributed by atoms with Gasteiger partial charge in [0.05, 0.1) is 0 Å². The maximum absolute atomic E-state index is 10.8. The van der Waals surface area contributed by atoms with Crippen LogP contribution in [0.5, 0.6) is 0 Å². The molecule has 1 heterocycles. The molecule has 0 fully saturated rings. The molecule has 0 amide bonds. The van der Waals surface area contributed by atoms with Crippen LogP contribution in [0.4, 0.5) is 0 Å². The molecule has 1 atom stereocenters. The summed E-state index contributed by atoms with van der Waals surface area (Å²) >= 11 is 0. The Morgan fingerprint density at radius 1 is 1.24 bits per heavy atom. The van der Waals surface area contributed by atoms with Crippen molar-refractivity contribution in [1.82, 2.24) is 4.98 Å². The number of carboxylic acid groups (broad SMARTS) is 1. The molecule has 4 nitrogen and oxygen atoms in total. The minimum Gasteiger partial charge on any atom is -0.480 e. The van der Waals surface area contributed by atoms with Crippen molar-refractivity contribution < 1.29 is 9.90 Å². The summed E-state index contributed by atoms with van der Waals surface area (Å²) in [5.74, 6) is -1.03. The fraction of sp³-hybridized carbons (Fsp3) is 0.0769. The second-order valence-electron chi connectivity index (χ2n) is 3.68. The van der Waals surface area contributed by atoms with Crippen molar-refractivity contribution in [3.8, 4) is 11.1 Å². The van der Waals surface area contributed by atoms with Crippen molar-refractivity contribution in [3.05, 3.63) is 54.4 Å². The van der Waals surface area contributed by atoms with Gasteiger partial charge in [-0.2, -0.15) is 0 Å². The van der Waals surface area contributed by atoms with E-state index in [2.05, 4.69) is 4.98 Å². The third-order valence-electron chi connectivity index (χ3n) is 2.51. The lowest BCUT2D eigenvalue weighted by molar-refractivity contribution is -0.138. The van der Waals surface area contributed by atoms with Crippen LogP contribution >= 0.6 is 0 Å². The van der Waals surface area contributed by atoms with Gasteiger partial charge in [0, 0.05) is 12.4 Å². The van der Waals surface area contributed by atoms with Crippen LogP contribution in [-0.2, 0) is 4.79 Å². The van der Waals surface area contributed by atoms with Crippen LogP contribution in [0, 0.1) is 0 Å². The molecule has 0 aliphatic carbocycles. The molecule has 0 unspecified atom stereocenters. The fourth-order valence-electron chi connectivity index (χ4n) is 1.59. The number of hydrogen-bond donors (Lipinski definition) is 2. The van der Waals surface area contributed by atoms with Gasteiger partial charge in [0.2, 0.25) is 0 Å². The smallest absolute Gasteiger partial charge is 0.325 e. The second-order valence-corrected chi connectivity index (χ2v) is 3.68. The van der Waals surface area contributed by atoms with Crippen molar-refractivity contribution in [2.45, 2.75) is 6.04 Å². The Bertz CT molecular complexity index is 526. The summed E-state index contributed by atoms with van der Waals surface area (Å²) in [5, 5.41) is 8.86. The molecule has 2 rings (SSSR count). The summed E-state index contributed by atoms with van der Waals surface area (Å²) in [6.07, 6.45) is 3.42. The van der Waals surface area contributed by atoms with Gasteiger partial charge in [0.1, 0.15) is 6.04 Å². The molecule has 0 aliphatic heterocycles. The van der Waals surface area contributed by atoms with E-state index < -0.39 is 12.0 Å². The predicted octanol–water partition coefficient (Wildman–Crippen LogP) is 1.83. The minimum atomic E-state index is -1.03. The average Bonchev–Trinajstić information content (AvgIpc) is 2.39. The first-order valence-corrected chi connectivity index (χ1v) is 5.17. The van der Waals surface area contributed by atoms with Crippen LogP contribution in [0.1, 0.15) is 11.6 Å². The number of benzene rings is 1. The minimum absolute atomic E-state index is 0.582. The monoisotopic (exact) mass is 228 g/mol. The molecule has 1 aromatic heterocycles. The molecule has 3 N–H and O–H groups in total. The first-order chi connectivity index (χ1) is 8.18. The van der Waals surface area contributed by atoms with Gasteiger partial charge >= 0.3 is 5.97 Å². The second kappa shape index (κ2) is 4.76. The topological polar surface area (TPSA) is 76.2 Å². The standard InChI is InChI=1S/C13H12N2O2/c14-12(13(16)17)10-4-1-3-9(7-10)11-5-2-6-15-8-11/h1-8,12H,14H2,(H,16,17)/t12-/m0/s1. The van der Waals surface area contributed by atoms with Crippen LogP contribution in [-0.4, -0.2) is 16.1 Å². The Hall–Kier alpha value is -2.20. The SMILES string of the molecule is N[C@H](C(=O)O)c1cccc(-c2cccnc2)c1. The molecule has 0 aliphatic rings. The maximum Gasteiger partial charge on any atom is 0.325 e. The number of nitrogens with two attached hydrogens (primary N) is 1. The summed E-state index contributed by atoms with van der Waals surface area (Å²) in [5.41, 5.74) is 8.00. The van der Waals surface area contributed by atoms with E-state index in [0.717, 1.165) is 11.1 Å². The molecular weight excluding hydrogens is 216 g/mol. The van der Waals surface area contributed by atoms with Crippen LogP contribution in [0.2, 0.25) is 0 Å². The van der Waals surface area contributed by atoms with Gasteiger partial charge < -0.3 is 10.8 Å². The maximum atomic E-state index is 10.8. The molecular formula is C13H12N2O2. The Balaban J connectivity index is 2.39. The van der Waals surface area contributed by atoms with Gasteiger partial charge in [0.25, 0.3) is 0 Å². The van der Waals surface area contributed by atoms with Gasteiger partial charge in [-0.1, -0.05) is 24.3 Å². The van der Waals surface area contributed by atoms with E-state index in [9.17, 15) is 4.79 Å². The Kier molecular flexibility index (Phi) is 3.16. The summed E-state index contributed by atoms with van der Waals surface area (Å²) in [7, 11) is 0. The normalized spacial score (nSPS) is 12.1. The van der Waals surface area contributed by atoms with Crippen LogP contribution in [0.3, 0.4) is 0 Å². The zero-order valence-electron chi connectivity index (χ0n) is 9.08. The lowest BCUT2D eigenvalue weighted by atomic mass is 10.0. The molecule has 86 valence electrons. The van der Waals surface area contributed by atoms with Gasteiger partial charge in [0.15, 0.2) is 0 Å². The number of nitrogens with zero attached hydrogens (tertiary/aromatic N) is 1. The third-order valence-corrected chi connectivity index (χ3v) is 2.51. The van der Waals surface area contributed by atoms with E-state index in [4.69, 9.17) is 10.8 Å². The van der Waals surface area contributed by atoms with Crippen molar-refractivity contribution in [3.63, 3.8) is 0 Å². The van der Waals surface area contributed by atoms with E-state index in [1.54, 1.807) is 30.6 Å². The number of pyridine rings is 1. The highest BCUT2D eigenvalue weighted by Crippen LogP contribution is 2.21. The van der Waals surface area contributed by atoms with Gasteiger partial charge in [-0.3, -0.25) is 9.78 Å². The van der Waals surface area contributed by atoms with Crippen LogP contribution < -0.4 is 5.73 Å². The largest absolute Gasteiger partial charge is 0.480 e. The lowest BCUT2D eigenvalue weighted by Crippen LogP contribution is -2.20. The molecule has 4 heteroatoms. The zero-order valence-corrected chi connectivity index (χ0v) is 9.08. The van der Waals surface area contributed by atoms with Gasteiger partial charge in [-0.05, 0) is 28.8 Å². The number of rotatable bonds is 3. The number of aliphatic carboxylic acids is 1. The van der Waals surface area contributed by atoms with Crippen molar-refractivity contribution in [2.24, 2.45) is 5.73 Å². The van der Waals surface area contributed by atoms with Crippen LogP contribution in [0.25, 0.3) is 11.1 Å². The van der Waals surface area contributed by atoms with Crippen LogP contribution in [0.15, 0.2) is 48.8 Å². The molecule has 0 saturated carbocycles. The Morgan fingerprint density at radius 3 is 2.65 bits per heavy atom. The first kappa shape index (κ1) is 11.3. The van der Waals surface area contributed by atoms with E-state index >= 15 is 0 Å². The van der Waals surface area contributed by atoms with E-state index in [1.165, 1.54) is 0 Å². The average molecular weight is 228 g/mol. The quantitative estimate of drug-likeness (QED) is 0.840. The summed E-state index contributed by atoms with van der Waals surface area (Å²) in [6.45, 7) is 0. The molecule has 17 heavy (non-hydrogen) atoms. The molecule has 1 aromatic carbocycles. The molecule has 0 spiro atoms. The lowest BCUT2D eigenvalue weighted by Gasteiger charge is -2.08. The van der Waals surface area contributed by atoms with Crippen molar-refractivity contribution >= 4 is 5.97 Å². The summed E-state index contributed by atoms with van der Waals surface area (Å²) < 4.78 is 0. The van der Waals surface area contributed by atoms with Crippen molar-refractivity contribution in [2.75, 3.05) is 0 Å². The Labute approximate surface area is 98.7 Å². The molecule has 2 aromatic rings. The highest BCUT2D eigenvalue weighted by atomic mass is 16.4.